The molecule has 1 amide bonds. The van der Waals surface area contributed by atoms with Gasteiger partial charge in [-0.3, -0.25) is 4.79 Å². The van der Waals surface area contributed by atoms with E-state index in [2.05, 4.69) is 20.4 Å². The van der Waals surface area contributed by atoms with Crippen LogP contribution in [-0.4, -0.2) is 32.2 Å². The molecule has 0 bridgehead atoms. The molecule has 0 aliphatic carbocycles. The van der Waals surface area contributed by atoms with Crippen LogP contribution < -0.4 is 5.32 Å². The van der Waals surface area contributed by atoms with Crippen molar-refractivity contribution < 1.29 is 4.79 Å². The Morgan fingerprint density at radius 2 is 2.07 bits per heavy atom. The average molecular weight is 439 g/mol. The molecule has 0 fully saturated rings. The number of carbonyl (C=O) groups excluding carboxylic acids is 1. The Morgan fingerprint density at radius 3 is 2.83 bits per heavy atom. The molecule has 0 radical (unpaired) electrons. The first-order valence-corrected chi connectivity index (χ1v) is 9.88. The number of hydrogen-bond donors (Lipinski definition) is 2. The molecule has 4 rings (SSSR count). The van der Waals surface area contributed by atoms with Gasteiger partial charge in [0.15, 0.2) is 0 Å². The van der Waals surface area contributed by atoms with Crippen LogP contribution >= 0.6 is 23.2 Å². The third-order valence-corrected chi connectivity index (χ3v) is 5.34. The van der Waals surface area contributed by atoms with E-state index < -0.39 is 0 Å². The van der Waals surface area contributed by atoms with Gasteiger partial charge in [-0.15, -0.1) is 5.10 Å². The van der Waals surface area contributed by atoms with Gasteiger partial charge in [0.25, 0.3) is 5.82 Å². The molecule has 0 aliphatic heterocycles. The van der Waals surface area contributed by atoms with Crippen molar-refractivity contribution in [1.82, 2.24) is 25.1 Å². The first-order chi connectivity index (χ1) is 14.5. The Kier molecular flexibility index (Phi) is 5.70. The Labute approximate surface area is 182 Å². The number of benzene rings is 2. The molecule has 2 heterocycles. The molecule has 150 valence electrons. The Balaban J connectivity index is 1.60. The summed E-state index contributed by atoms with van der Waals surface area (Å²) in [6.45, 7) is 0.283. The molecule has 0 unspecified atom stereocenters. The van der Waals surface area contributed by atoms with Crippen molar-refractivity contribution in [2.45, 2.75) is 12.5 Å². The highest BCUT2D eigenvalue weighted by Gasteiger charge is 2.21. The lowest BCUT2D eigenvalue weighted by Gasteiger charge is -2.19. The number of aromatic amines is 1. The highest BCUT2D eigenvalue weighted by atomic mass is 35.5. The summed E-state index contributed by atoms with van der Waals surface area (Å²) in [4.78, 5) is 19.5. The van der Waals surface area contributed by atoms with Gasteiger partial charge in [0.1, 0.15) is 18.9 Å². The fraction of sp³-hybridized carbons (Fsp3) is 0.143. The monoisotopic (exact) mass is 438 g/mol. The van der Waals surface area contributed by atoms with Crippen molar-refractivity contribution in [3.8, 4) is 6.07 Å². The molecule has 2 N–H and O–H groups in total. The van der Waals surface area contributed by atoms with Crippen LogP contribution in [0.2, 0.25) is 10.0 Å². The zero-order valence-electron chi connectivity index (χ0n) is 15.6. The van der Waals surface area contributed by atoms with Gasteiger partial charge in [-0.05, 0) is 29.3 Å². The van der Waals surface area contributed by atoms with Crippen LogP contribution in [-0.2, 0) is 11.3 Å². The van der Waals surface area contributed by atoms with Gasteiger partial charge in [0.2, 0.25) is 5.91 Å². The van der Waals surface area contributed by atoms with Gasteiger partial charge in [0, 0.05) is 39.6 Å². The van der Waals surface area contributed by atoms with E-state index in [0.29, 0.717) is 16.6 Å². The van der Waals surface area contributed by atoms with Gasteiger partial charge in [-0.25, -0.2) is 9.67 Å². The SMILES string of the molecule is N#Cc1ncn(CC(=O)NC[C@@H](c2ccc(Cl)cc2Cl)c2c[nH]c3ccccc23)n1. The summed E-state index contributed by atoms with van der Waals surface area (Å²) in [6.07, 6.45) is 3.29. The third-order valence-electron chi connectivity index (χ3n) is 4.78. The Hall–Kier alpha value is -3.34. The van der Waals surface area contributed by atoms with E-state index in [1.807, 2.05) is 42.6 Å². The quantitative estimate of drug-likeness (QED) is 0.476. The van der Waals surface area contributed by atoms with Crippen molar-refractivity contribution >= 4 is 40.0 Å². The molecule has 0 spiro atoms. The first kappa shape index (κ1) is 20.0. The third kappa shape index (κ3) is 4.15. The predicted molar refractivity (Wildman–Crippen MR) is 114 cm³/mol. The van der Waals surface area contributed by atoms with E-state index in [0.717, 1.165) is 22.0 Å². The molecule has 7 nitrogen and oxygen atoms in total. The lowest BCUT2D eigenvalue weighted by molar-refractivity contribution is -0.121. The molecule has 9 heteroatoms. The smallest absolute Gasteiger partial charge is 0.252 e. The summed E-state index contributed by atoms with van der Waals surface area (Å²) in [7, 11) is 0. The lowest BCUT2D eigenvalue weighted by atomic mass is 9.90. The molecule has 30 heavy (non-hydrogen) atoms. The van der Waals surface area contributed by atoms with Crippen molar-refractivity contribution in [2.24, 2.45) is 0 Å². The normalized spacial score (nSPS) is 11.9. The summed E-state index contributed by atoms with van der Waals surface area (Å²) >= 11 is 12.6. The largest absolute Gasteiger partial charge is 0.361 e. The molecule has 2 aromatic heterocycles. The molecule has 0 aliphatic rings. The van der Waals surface area contributed by atoms with Gasteiger partial charge in [0.05, 0.1) is 0 Å². The van der Waals surface area contributed by atoms with Crippen LogP contribution in [0.1, 0.15) is 22.9 Å². The lowest BCUT2D eigenvalue weighted by Crippen LogP contribution is -2.32. The minimum absolute atomic E-state index is 0.0208. The van der Waals surface area contributed by atoms with E-state index in [4.69, 9.17) is 28.5 Å². The van der Waals surface area contributed by atoms with Crippen molar-refractivity contribution in [1.29, 1.82) is 5.26 Å². The maximum atomic E-state index is 12.5. The predicted octanol–water partition coefficient (Wildman–Crippen LogP) is 3.89. The summed E-state index contributed by atoms with van der Waals surface area (Å²) in [5.41, 5.74) is 2.88. The molecular weight excluding hydrogens is 423 g/mol. The summed E-state index contributed by atoms with van der Waals surface area (Å²) in [5, 5.41) is 17.8. The molecule has 2 aromatic carbocycles. The number of rotatable bonds is 6. The number of para-hydroxylation sites is 1. The molecule has 4 aromatic rings. The number of hydrogen-bond acceptors (Lipinski definition) is 4. The second-order valence-corrected chi connectivity index (χ2v) is 7.53. The molecular formula is C21H16Cl2N6O. The van der Waals surface area contributed by atoms with E-state index in [1.165, 1.54) is 11.0 Å². The zero-order chi connectivity index (χ0) is 21.1. The fourth-order valence-electron chi connectivity index (χ4n) is 3.39. The highest BCUT2D eigenvalue weighted by molar-refractivity contribution is 6.35. The fourth-order valence-corrected chi connectivity index (χ4v) is 3.93. The van der Waals surface area contributed by atoms with Crippen LogP contribution in [0, 0.1) is 11.3 Å². The molecule has 0 saturated heterocycles. The van der Waals surface area contributed by atoms with Gasteiger partial charge >= 0.3 is 0 Å². The van der Waals surface area contributed by atoms with E-state index in [1.54, 1.807) is 12.1 Å². The number of nitrogens with zero attached hydrogens (tertiary/aromatic N) is 4. The van der Waals surface area contributed by atoms with E-state index >= 15 is 0 Å². The van der Waals surface area contributed by atoms with Crippen molar-refractivity contribution in [3.05, 3.63) is 82.0 Å². The number of amides is 1. The first-order valence-electron chi connectivity index (χ1n) is 9.12. The van der Waals surface area contributed by atoms with Crippen molar-refractivity contribution in [3.63, 3.8) is 0 Å². The van der Waals surface area contributed by atoms with Crippen LogP contribution in [0.15, 0.2) is 55.0 Å². The van der Waals surface area contributed by atoms with Gasteiger partial charge < -0.3 is 10.3 Å². The summed E-state index contributed by atoms with van der Waals surface area (Å²) in [6, 6.07) is 15.1. The van der Waals surface area contributed by atoms with Crippen LogP contribution in [0.3, 0.4) is 0 Å². The number of nitrogens with one attached hydrogen (secondary N) is 2. The topological polar surface area (TPSA) is 99.4 Å². The second kappa shape index (κ2) is 8.57. The Bertz CT molecular complexity index is 1260. The Morgan fingerprint density at radius 1 is 1.23 bits per heavy atom. The zero-order valence-corrected chi connectivity index (χ0v) is 17.2. The summed E-state index contributed by atoms with van der Waals surface area (Å²) < 4.78 is 1.32. The minimum atomic E-state index is -0.251. The standard InChI is InChI=1S/C21H16Cl2N6O/c22-13-5-6-14(18(23)7-13)16(17-9-25-19-4-2-1-3-15(17)19)10-26-21(30)11-29-12-27-20(8-24)28-29/h1-7,9,12,16,25H,10-11H2,(H,26,30)/t16-/m0/s1. The van der Waals surface area contributed by atoms with Gasteiger partial charge in [-0.1, -0.05) is 47.5 Å². The highest BCUT2D eigenvalue weighted by Crippen LogP contribution is 2.35. The van der Waals surface area contributed by atoms with Crippen molar-refractivity contribution in [2.75, 3.05) is 6.54 Å². The average Bonchev–Trinajstić information content (AvgIpc) is 3.36. The summed E-state index contributed by atoms with van der Waals surface area (Å²) in [5.74, 6) is -0.424. The number of nitriles is 1. The molecule has 0 saturated carbocycles. The number of H-pyrrole nitrogens is 1. The van der Waals surface area contributed by atoms with Gasteiger partial charge in [-0.2, -0.15) is 5.26 Å². The van der Waals surface area contributed by atoms with E-state index in [-0.39, 0.29) is 24.2 Å². The maximum Gasteiger partial charge on any atom is 0.252 e. The van der Waals surface area contributed by atoms with Crippen LogP contribution in [0.4, 0.5) is 0 Å². The number of halogens is 2. The number of fused-ring (bicyclic) bond motifs is 1. The maximum absolute atomic E-state index is 12.5. The van der Waals surface area contributed by atoms with E-state index in [9.17, 15) is 4.79 Å². The van der Waals surface area contributed by atoms with Crippen LogP contribution in [0.25, 0.3) is 10.9 Å². The van der Waals surface area contributed by atoms with Crippen LogP contribution in [0.5, 0.6) is 0 Å². The number of carbonyl (C=O) groups is 1. The minimum Gasteiger partial charge on any atom is -0.361 e. The molecule has 1 atom stereocenters. The number of aromatic nitrogens is 4. The second-order valence-electron chi connectivity index (χ2n) is 6.69.